The summed E-state index contributed by atoms with van der Waals surface area (Å²) in [7, 11) is -4.11. The van der Waals surface area contributed by atoms with Crippen LogP contribution in [0.5, 0.6) is 0 Å². The van der Waals surface area contributed by atoms with Crippen LogP contribution in [0.2, 0.25) is 0 Å². The average Bonchev–Trinajstić information content (AvgIpc) is 2.71. The van der Waals surface area contributed by atoms with E-state index in [0.29, 0.717) is 5.56 Å². The molecule has 1 fully saturated rings. The van der Waals surface area contributed by atoms with E-state index in [9.17, 15) is 17.7 Å². The third kappa shape index (κ3) is 3.55. The first-order valence-electron chi connectivity index (χ1n) is 5.07. The molecule has 0 amide bonds. The van der Waals surface area contributed by atoms with Gasteiger partial charge in [0, 0.05) is 0 Å². The number of alkyl halides is 3. The van der Waals surface area contributed by atoms with Crippen LogP contribution in [-0.2, 0) is 18.1 Å². The molecule has 8 heteroatoms. The zero-order valence-electron chi connectivity index (χ0n) is 9.09. The standard InChI is InChI=1S/C10H10F3O4P/c11-10(12,13)7-16-18(14)15-6-9(17-18)8-4-2-1-3-5-8/h1-5,9H,6-7H2/t9-,18-/m1/s1. The number of hydrogen-bond donors (Lipinski definition) is 0. The van der Waals surface area contributed by atoms with Crippen LogP contribution < -0.4 is 0 Å². The summed E-state index contributed by atoms with van der Waals surface area (Å²) in [5.74, 6) is 0. The molecule has 2 rings (SSSR count). The number of phosphoric acid groups is 1. The van der Waals surface area contributed by atoms with Gasteiger partial charge in [0.05, 0.1) is 6.61 Å². The summed E-state index contributed by atoms with van der Waals surface area (Å²) in [5.41, 5.74) is 0.672. The van der Waals surface area contributed by atoms with E-state index in [1.54, 1.807) is 30.3 Å². The lowest BCUT2D eigenvalue weighted by Crippen LogP contribution is -2.16. The van der Waals surface area contributed by atoms with Gasteiger partial charge in [-0.15, -0.1) is 0 Å². The maximum absolute atomic E-state index is 11.9. The second-order valence-corrected chi connectivity index (χ2v) is 5.26. The van der Waals surface area contributed by atoms with Gasteiger partial charge in [0.2, 0.25) is 0 Å². The van der Waals surface area contributed by atoms with Crippen molar-refractivity contribution in [3.05, 3.63) is 35.9 Å². The van der Waals surface area contributed by atoms with Crippen LogP contribution in [0.1, 0.15) is 11.7 Å². The number of benzene rings is 1. The molecule has 1 saturated heterocycles. The van der Waals surface area contributed by atoms with Crippen LogP contribution in [-0.4, -0.2) is 19.4 Å². The summed E-state index contributed by atoms with van der Waals surface area (Å²) >= 11 is 0. The lowest BCUT2D eigenvalue weighted by Gasteiger charge is -2.12. The molecule has 0 bridgehead atoms. The predicted octanol–water partition coefficient (Wildman–Crippen LogP) is 3.46. The Labute approximate surface area is 101 Å². The molecule has 0 radical (unpaired) electrons. The molecule has 100 valence electrons. The van der Waals surface area contributed by atoms with Crippen molar-refractivity contribution in [3.8, 4) is 0 Å². The first-order chi connectivity index (χ1) is 8.38. The molecule has 0 aliphatic carbocycles. The molecule has 1 heterocycles. The van der Waals surface area contributed by atoms with Crippen LogP contribution in [0, 0.1) is 0 Å². The second kappa shape index (κ2) is 5.01. The topological polar surface area (TPSA) is 44.8 Å². The van der Waals surface area contributed by atoms with Crippen molar-refractivity contribution in [2.75, 3.05) is 13.2 Å². The van der Waals surface area contributed by atoms with E-state index in [1.807, 2.05) is 0 Å². The van der Waals surface area contributed by atoms with E-state index >= 15 is 0 Å². The molecule has 1 aromatic carbocycles. The minimum atomic E-state index is -4.57. The van der Waals surface area contributed by atoms with E-state index < -0.39 is 26.7 Å². The minimum absolute atomic E-state index is 0.0981. The van der Waals surface area contributed by atoms with E-state index in [2.05, 4.69) is 4.52 Å². The van der Waals surface area contributed by atoms with Crippen LogP contribution >= 0.6 is 7.82 Å². The highest BCUT2D eigenvalue weighted by Crippen LogP contribution is 2.59. The van der Waals surface area contributed by atoms with Gasteiger partial charge < -0.3 is 0 Å². The highest BCUT2D eigenvalue weighted by Gasteiger charge is 2.42. The Morgan fingerprint density at radius 1 is 1.33 bits per heavy atom. The van der Waals surface area contributed by atoms with Gasteiger partial charge in [-0.3, -0.25) is 13.6 Å². The molecule has 1 aliphatic heterocycles. The Kier molecular flexibility index (Phi) is 3.77. The molecular formula is C10H10F3O4P. The number of rotatable bonds is 3. The summed E-state index contributed by atoms with van der Waals surface area (Å²) < 4.78 is 61.4. The maximum Gasteiger partial charge on any atom is 0.475 e. The molecule has 0 N–H and O–H groups in total. The minimum Gasteiger partial charge on any atom is -0.284 e. The van der Waals surface area contributed by atoms with Crippen molar-refractivity contribution in [2.24, 2.45) is 0 Å². The van der Waals surface area contributed by atoms with Crippen molar-refractivity contribution in [1.29, 1.82) is 0 Å². The number of hydrogen-bond acceptors (Lipinski definition) is 4. The molecule has 18 heavy (non-hydrogen) atoms. The fourth-order valence-electron chi connectivity index (χ4n) is 1.42. The summed E-state index contributed by atoms with van der Waals surface area (Å²) in [6.07, 6.45) is -5.25. The number of phosphoric ester groups is 1. The Balaban J connectivity index is 1.97. The molecular weight excluding hydrogens is 272 g/mol. The van der Waals surface area contributed by atoms with Crippen LogP contribution in [0.25, 0.3) is 0 Å². The van der Waals surface area contributed by atoms with Crippen molar-refractivity contribution in [3.63, 3.8) is 0 Å². The van der Waals surface area contributed by atoms with Crippen LogP contribution in [0.4, 0.5) is 13.2 Å². The Morgan fingerprint density at radius 2 is 2.00 bits per heavy atom. The molecule has 0 saturated carbocycles. The van der Waals surface area contributed by atoms with Gasteiger partial charge in [0.15, 0.2) is 6.61 Å². The van der Waals surface area contributed by atoms with Gasteiger partial charge >= 0.3 is 14.0 Å². The maximum atomic E-state index is 11.9. The van der Waals surface area contributed by atoms with E-state index in [1.165, 1.54) is 0 Å². The van der Waals surface area contributed by atoms with Gasteiger partial charge in [0.1, 0.15) is 6.10 Å². The molecule has 0 aromatic heterocycles. The van der Waals surface area contributed by atoms with Gasteiger partial charge in [-0.2, -0.15) is 13.2 Å². The number of halogens is 3. The third-order valence-electron chi connectivity index (χ3n) is 2.20. The molecule has 0 spiro atoms. The second-order valence-electron chi connectivity index (χ2n) is 3.64. The van der Waals surface area contributed by atoms with Crippen molar-refractivity contribution in [2.45, 2.75) is 12.3 Å². The van der Waals surface area contributed by atoms with Gasteiger partial charge in [-0.25, -0.2) is 4.57 Å². The highest BCUT2D eigenvalue weighted by atomic mass is 31.2. The molecule has 2 atom stereocenters. The van der Waals surface area contributed by atoms with E-state index in [-0.39, 0.29) is 6.61 Å². The fourth-order valence-corrected chi connectivity index (χ4v) is 2.73. The third-order valence-corrected chi connectivity index (χ3v) is 3.62. The Morgan fingerprint density at radius 3 is 2.61 bits per heavy atom. The van der Waals surface area contributed by atoms with Gasteiger partial charge in [-0.1, -0.05) is 30.3 Å². The molecule has 0 unspecified atom stereocenters. The lowest BCUT2D eigenvalue weighted by atomic mass is 10.1. The van der Waals surface area contributed by atoms with E-state index in [4.69, 9.17) is 9.05 Å². The monoisotopic (exact) mass is 282 g/mol. The van der Waals surface area contributed by atoms with Crippen LogP contribution in [0.15, 0.2) is 30.3 Å². The largest absolute Gasteiger partial charge is 0.475 e. The summed E-state index contributed by atoms with van der Waals surface area (Å²) in [6, 6.07) is 8.65. The average molecular weight is 282 g/mol. The van der Waals surface area contributed by atoms with Crippen LogP contribution in [0.3, 0.4) is 0 Å². The lowest BCUT2D eigenvalue weighted by molar-refractivity contribution is -0.157. The van der Waals surface area contributed by atoms with Crippen molar-refractivity contribution >= 4 is 7.82 Å². The zero-order chi connectivity index (χ0) is 13.2. The Hall–Kier alpha value is -0.880. The quantitative estimate of drug-likeness (QED) is 0.796. The van der Waals surface area contributed by atoms with Gasteiger partial charge in [0.25, 0.3) is 0 Å². The highest BCUT2D eigenvalue weighted by molar-refractivity contribution is 7.48. The zero-order valence-corrected chi connectivity index (χ0v) is 9.99. The fraction of sp³-hybridized carbons (Fsp3) is 0.400. The SMILES string of the molecule is O=[P@]1(OCC(F)(F)F)OC[C@H](c2ccccc2)O1. The first-order valence-corrected chi connectivity index (χ1v) is 6.53. The smallest absolute Gasteiger partial charge is 0.284 e. The van der Waals surface area contributed by atoms with Gasteiger partial charge in [-0.05, 0) is 5.56 Å². The first kappa shape index (κ1) is 13.5. The molecule has 4 nitrogen and oxygen atoms in total. The van der Waals surface area contributed by atoms with E-state index in [0.717, 1.165) is 0 Å². The predicted molar refractivity (Wildman–Crippen MR) is 55.8 cm³/mol. The summed E-state index contributed by atoms with van der Waals surface area (Å²) in [5, 5.41) is 0. The van der Waals surface area contributed by atoms with Crippen molar-refractivity contribution < 1.29 is 31.3 Å². The van der Waals surface area contributed by atoms with Crippen molar-refractivity contribution in [1.82, 2.24) is 0 Å². The molecule has 1 aliphatic rings. The summed E-state index contributed by atoms with van der Waals surface area (Å²) in [4.78, 5) is 0. The summed E-state index contributed by atoms with van der Waals surface area (Å²) in [6.45, 7) is -1.76. The molecule has 1 aromatic rings. The normalized spacial score (nSPS) is 28.5. The Bertz CT molecular complexity index is 448.